The number of anilines is 2. The monoisotopic (exact) mass is 289 g/mol. The van der Waals surface area contributed by atoms with E-state index in [1.165, 1.54) is 13.4 Å². The summed E-state index contributed by atoms with van der Waals surface area (Å²) in [7, 11) is 1.33. The lowest BCUT2D eigenvalue weighted by Crippen LogP contribution is -2.10. The summed E-state index contributed by atoms with van der Waals surface area (Å²) in [5.74, 6) is 0.0762. The van der Waals surface area contributed by atoms with Crippen molar-refractivity contribution in [3.8, 4) is 5.88 Å². The van der Waals surface area contributed by atoms with Gasteiger partial charge in [-0.05, 0) is 24.1 Å². The van der Waals surface area contributed by atoms with Gasteiger partial charge in [-0.25, -0.2) is 4.98 Å². The van der Waals surface area contributed by atoms with Crippen molar-refractivity contribution in [1.82, 2.24) is 9.97 Å². The SMILES string of the molecule is COc1ncnc(NCCc2ccc(N)cc2)c1[N+](=O)[O-]. The summed E-state index contributed by atoms with van der Waals surface area (Å²) in [6.45, 7) is 0.491. The third-order valence-corrected chi connectivity index (χ3v) is 2.85. The van der Waals surface area contributed by atoms with E-state index in [1.54, 1.807) is 0 Å². The third kappa shape index (κ3) is 3.56. The quantitative estimate of drug-likeness (QED) is 0.471. The maximum atomic E-state index is 11.1. The number of nitrogens with one attached hydrogen (secondary N) is 1. The smallest absolute Gasteiger partial charge is 0.372 e. The molecule has 2 rings (SSSR count). The van der Waals surface area contributed by atoms with Gasteiger partial charge < -0.3 is 15.8 Å². The lowest BCUT2D eigenvalue weighted by atomic mass is 10.1. The number of nitrogens with two attached hydrogens (primary N) is 1. The van der Waals surface area contributed by atoms with Crippen LogP contribution in [0, 0.1) is 10.1 Å². The van der Waals surface area contributed by atoms with Crippen LogP contribution in [0.15, 0.2) is 30.6 Å². The predicted molar refractivity (Wildman–Crippen MR) is 78.3 cm³/mol. The van der Waals surface area contributed by atoms with E-state index in [1.807, 2.05) is 24.3 Å². The van der Waals surface area contributed by atoms with E-state index in [4.69, 9.17) is 10.5 Å². The first kappa shape index (κ1) is 14.5. The number of ether oxygens (including phenoxy) is 1. The molecule has 0 aliphatic rings. The predicted octanol–water partition coefficient (Wildman–Crippen LogP) is 1.63. The van der Waals surface area contributed by atoms with Crippen molar-refractivity contribution in [2.45, 2.75) is 6.42 Å². The van der Waals surface area contributed by atoms with Crippen LogP contribution in [-0.4, -0.2) is 28.5 Å². The summed E-state index contributed by atoms with van der Waals surface area (Å²) in [6.07, 6.45) is 1.90. The molecule has 3 N–H and O–H groups in total. The average Bonchev–Trinajstić information content (AvgIpc) is 2.48. The molecule has 0 spiro atoms. The zero-order valence-electron chi connectivity index (χ0n) is 11.4. The van der Waals surface area contributed by atoms with E-state index < -0.39 is 4.92 Å². The van der Waals surface area contributed by atoms with Gasteiger partial charge in [-0.1, -0.05) is 12.1 Å². The summed E-state index contributed by atoms with van der Waals surface area (Å²) in [4.78, 5) is 18.1. The fourth-order valence-corrected chi connectivity index (χ4v) is 1.82. The Bertz CT molecular complexity index is 630. The molecule has 0 bridgehead atoms. The molecule has 1 aromatic carbocycles. The van der Waals surface area contributed by atoms with E-state index in [-0.39, 0.29) is 17.4 Å². The van der Waals surface area contributed by atoms with Gasteiger partial charge in [-0.15, -0.1) is 0 Å². The number of hydrogen-bond acceptors (Lipinski definition) is 7. The molecular formula is C13H15N5O3. The number of nitrogen functional groups attached to an aromatic ring is 1. The van der Waals surface area contributed by atoms with Gasteiger partial charge in [0.1, 0.15) is 6.33 Å². The molecule has 0 radical (unpaired) electrons. The molecule has 8 heteroatoms. The van der Waals surface area contributed by atoms with Crippen molar-refractivity contribution < 1.29 is 9.66 Å². The number of nitrogens with zero attached hydrogens (tertiary/aromatic N) is 3. The van der Waals surface area contributed by atoms with E-state index in [2.05, 4.69) is 15.3 Å². The Morgan fingerprint density at radius 3 is 2.67 bits per heavy atom. The molecule has 8 nitrogen and oxygen atoms in total. The van der Waals surface area contributed by atoms with E-state index in [0.717, 1.165) is 5.56 Å². The van der Waals surface area contributed by atoms with Gasteiger partial charge in [-0.3, -0.25) is 10.1 Å². The Morgan fingerprint density at radius 1 is 1.33 bits per heavy atom. The highest BCUT2D eigenvalue weighted by Gasteiger charge is 2.23. The number of rotatable bonds is 6. The van der Waals surface area contributed by atoms with Crippen LogP contribution >= 0.6 is 0 Å². The van der Waals surface area contributed by atoms with Gasteiger partial charge in [0.15, 0.2) is 0 Å². The van der Waals surface area contributed by atoms with Crippen molar-refractivity contribution in [2.75, 3.05) is 24.7 Å². The van der Waals surface area contributed by atoms with Gasteiger partial charge in [0, 0.05) is 12.2 Å². The van der Waals surface area contributed by atoms with E-state index in [9.17, 15) is 10.1 Å². The molecule has 0 aliphatic heterocycles. The summed E-state index contributed by atoms with van der Waals surface area (Å²) >= 11 is 0. The van der Waals surface area contributed by atoms with Gasteiger partial charge in [0.05, 0.1) is 12.0 Å². The number of benzene rings is 1. The topological polar surface area (TPSA) is 116 Å². The maximum absolute atomic E-state index is 11.1. The largest absolute Gasteiger partial charge is 0.476 e. The molecule has 0 aliphatic carbocycles. The van der Waals surface area contributed by atoms with Crippen LogP contribution in [-0.2, 0) is 6.42 Å². The molecule has 0 fully saturated rings. The molecule has 110 valence electrons. The molecular weight excluding hydrogens is 274 g/mol. The summed E-state index contributed by atoms with van der Waals surface area (Å²) in [6, 6.07) is 7.44. The van der Waals surface area contributed by atoms with Crippen molar-refractivity contribution >= 4 is 17.2 Å². The van der Waals surface area contributed by atoms with E-state index in [0.29, 0.717) is 18.7 Å². The van der Waals surface area contributed by atoms with Gasteiger partial charge in [0.25, 0.3) is 5.88 Å². The Balaban J connectivity index is 2.06. The van der Waals surface area contributed by atoms with Crippen LogP contribution in [0.2, 0.25) is 0 Å². The number of nitro groups is 1. The number of hydrogen-bond donors (Lipinski definition) is 2. The maximum Gasteiger partial charge on any atom is 0.372 e. The highest BCUT2D eigenvalue weighted by atomic mass is 16.6. The van der Waals surface area contributed by atoms with Crippen LogP contribution < -0.4 is 15.8 Å². The summed E-state index contributed by atoms with van der Waals surface area (Å²) in [5, 5.41) is 14.0. The zero-order chi connectivity index (χ0) is 15.2. The lowest BCUT2D eigenvalue weighted by molar-refractivity contribution is -0.385. The highest BCUT2D eigenvalue weighted by Crippen LogP contribution is 2.30. The molecule has 0 saturated carbocycles. The first-order valence-corrected chi connectivity index (χ1v) is 6.23. The van der Waals surface area contributed by atoms with Crippen LogP contribution in [0.3, 0.4) is 0 Å². The summed E-state index contributed by atoms with van der Waals surface area (Å²) in [5.41, 5.74) is 7.11. The van der Waals surface area contributed by atoms with Gasteiger partial charge >= 0.3 is 5.69 Å². The molecule has 0 unspecified atom stereocenters. The van der Waals surface area contributed by atoms with Crippen molar-refractivity contribution in [2.24, 2.45) is 0 Å². The Kier molecular flexibility index (Phi) is 4.50. The van der Waals surface area contributed by atoms with Gasteiger partial charge in [-0.2, -0.15) is 4.98 Å². The fourth-order valence-electron chi connectivity index (χ4n) is 1.82. The first-order chi connectivity index (χ1) is 10.1. The molecule has 1 aromatic heterocycles. The van der Waals surface area contributed by atoms with Crippen LogP contribution in [0.25, 0.3) is 0 Å². The standard InChI is InChI=1S/C13H15N5O3/c1-21-13-11(18(19)20)12(16-8-17-13)15-7-6-9-2-4-10(14)5-3-9/h2-5,8H,6-7,14H2,1H3,(H,15,16,17). The second kappa shape index (κ2) is 6.51. The van der Waals surface area contributed by atoms with E-state index >= 15 is 0 Å². The van der Waals surface area contributed by atoms with Crippen LogP contribution in [0.5, 0.6) is 5.88 Å². The summed E-state index contributed by atoms with van der Waals surface area (Å²) < 4.78 is 4.88. The molecule has 0 saturated heterocycles. The zero-order valence-corrected chi connectivity index (χ0v) is 11.4. The minimum atomic E-state index is -0.565. The molecule has 0 atom stereocenters. The normalized spacial score (nSPS) is 10.1. The molecule has 21 heavy (non-hydrogen) atoms. The third-order valence-electron chi connectivity index (χ3n) is 2.85. The van der Waals surface area contributed by atoms with Crippen LogP contribution in [0.1, 0.15) is 5.56 Å². The minimum absolute atomic E-state index is 0.0648. The minimum Gasteiger partial charge on any atom is -0.476 e. The lowest BCUT2D eigenvalue weighted by Gasteiger charge is -2.08. The van der Waals surface area contributed by atoms with Gasteiger partial charge in [0.2, 0.25) is 5.82 Å². The fraction of sp³-hybridized carbons (Fsp3) is 0.231. The highest BCUT2D eigenvalue weighted by molar-refractivity contribution is 5.61. The Labute approximate surface area is 121 Å². The number of methoxy groups -OCH3 is 1. The molecule has 0 amide bonds. The number of aromatic nitrogens is 2. The Morgan fingerprint density at radius 2 is 2.05 bits per heavy atom. The van der Waals surface area contributed by atoms with Crippen LogP contribution in [0.4, 0.5) is 17.2 Å². The Hall–Kier alpha value is -2.90. The average molecular weight is 289 g/mol. The molecule has 2 aromatic rings. The second-order valence-electron chi connectivity index (χ2n) is 4.26. The van der Waals surface area contributed by atoms with Crippen molar-refractivity contribution in [3.05, 3.63) is 46.3 Å². The molecule has 1 heterocycles. The van der Waals surface area contributed by atoms with Crippen molar-refractivity contribution in [1.29, 1.82) is 0 Å². The second-order valence-corrected chi connectivity index (χ2v) is 4.26. The first-order valence-electron chi connectivity index (χ1n) is 6.23. The van der Waals surface area contributed by atoms with Crippen molar-refractivity contribution in [3.63, 3.8) is 0 Å².